The van der Waals surface area contributed by atoms with Gasteiger partial charge in [-0.25, -0.2) is 0 Å². The fourth-order valence-electron chi connectivity index (χ4n) is 3.33. The molecule has 0 spiro atoms. The van der Waals surface area contributed by atoms with Crippen LogP contribution in [0.2, 0.25) is 0 Å². The van der Waals surface area contributed by atoms with Crippen LogP contribution in [-0.2, 0) is 5.75 Å². The van der Waals surface area contributed by atoms with Crippen LogP contribution in [0.15, 0.2) is 65.1 Å². The molecule has 0 amide bonds. The number of benzene rings is 2. The molecule has 3 aromatic rings. The van der Waals surface area contributed by atoms with E-state index < -0.39 is 0 Å². The van der Waals surface area contributed by atoms with E-state index >= 15 is 0 Å². The number of hydrogen-bond acceptors (Lipinski definition) is 8. The van der Waals surface area contributed by atoms with E-state index in [0.717, 1.165) is 37.6 Å². The maximum atomic E-state index is 11.3. The van der Waals surface area contributed by atoms with Gasteiger partial charge in [0.15, 0.2) is 0 Å². The molecule has 0 atom stereocenters. The second-order valence-electron chi connectivity index (χ2n) is 7.27. The Bertz CT molecular complexity index is 1060. The SMILES string of the molecule is CN1CCN(c2ccc([N+](=O)[O-])cc2C=Nn2cnnc2SCc2ccccc2)CC1. The van der Waals surface area contributed by atoms with Gasteiger partial charge in [0.25, 0.3) is 5.69 Å². The molecule has 31 heavy (non-hydrogen) atoms. The minimum atomic E-state index is -0.384. The summed E-state index contributed by atoms with van der Waals surface area (Å²) in [7, 11) is 2.09. The first-order chi connectivity index (χ1) is 15.1. The number of nitro groups is 1. The van der Waals surface area contributed by atoms with Gasteiger partial charge in [0, 0.05) is 55.3 Å². The van der Waals surface area contributed by atoms with Gasteiger partial charge in [-0.1, -0.05) is 42.1 Å². The average molecular weight is 438 g/mol. The Kier molecular flexibility index (Phi) is 6.58. The van der Waals surface area contributed by atoms with Gasteiger partial charge < -0.3 is 9.80 Å². The summed E-state index contributed by atoms with van der Waals surface area (Å²) >= 11 is 1.53. The first-order valence-electron chi connectivity index (χ1n) is 9.93. The number of thioether (sulfide) groups is 1. The standard InChI is InChI=1S/C21H23N7O2S/c1-25-9-11-26(12-10-25)20-8-7-19(28(29)30)13-18(20)14-23-27-16-22-24-21(27)31-15-17-5-3-2-4-6-17/h2-8,13-14,16H,9-12,15H2,1H3. The number of rotatable bonds is 7. The van der Waals surface area contributed by atoms with Crippen LogP contribution in [0.25, 0.3) is 0 Å². The number of piperazine rings is 1. The van der Waals surface area contributed by atoms with E-state index in [1.54, 1.807) is 23.0 Å². The van der Waals surface area contributed by atoms with Gasteiger partial charge in [-0.3, -0.25) is 10.1 Å². The molecule has 0 bridgehead atoms. The van der Waals surface area contributed by atoms with Crippen molar-refractivity contribution in [3.05, 3.63) is 76.1 Å². The monoisotopic (exact) mass is 437 g/mol. The van der Waals surface area contributed by atoms with E-state index in [-0.39, 0.29) is 10.6 Å². The zero-order valence-corrected chi connectivity index (χ0v) is 18.0. The Labute approximate surface area is 184 Å². The molecular weight excluding hydrogens is 414 g/mol. The molecule has 2 heterocycles. The highest BCUT2D eigenvalue weighted by molar-refractivity contribution is 7.98. The van der Waals surface area contributed by atoms with Crippen molar-refractivity contribution in [1.82, 2.24) is 19.8 Å². The number of nitrogens with zero attached hydrogens (tertiary/aromatic N) is 7. The van der Waals surface area contributed by atoms with Crippen LogP contribution in [0.4, 0.5) is 11.4 Å². The lowest BCUT2D eigenvalue weighted by atomic mass is 10.1. The highest BCUT2D eigenvalue weighted by atomic mass is 32.2. The maximum Gasteiger partial charge on any atom is 0.270 e. The van der Waals surface area contributed by atoms with Gasteiger partial charge in [0.2, 0.25) is 5.16 Å². The summed E-state index contributed by atoms with van der Waals surface area (Å²) in [4.78, 5) is 15.4. The van der Waals surface area contributed by atoms with E-state index in [1.165, 1.54) is 23.7 Å². The van der Waals surface area contributed by atoms with Crippen molar-refractivity contribution in [2.24, 2.45) is 5.10 Å². The molecule has 4 rings (SSSR count). The van der Waals surface area contributed by atoms with Crippen molar-refractivity contribution in [3.8, 4) is 0 Å². The van der Waals surface area contributed by atoms with E-state index in [9.17, 15) is 10.1 Å². The number of aromatic nitrogens is 3. The Hall–Kier alpha value is -3.24. The molecule has 10 heteroatoms. The van der Waals surface area contributed by atoms with Gasteiger partial charge in [-0.05, 0) is 18.7 Å². The highest BCUT2D eigenvalue weighted by Crippen LogP contribution is 2.26. The molecule has 2 aromatic carbocycles. The highest BCUT2D eigenvalue weighted by Gasteiger charge is 2.19. The molecule has 1 aliphatic heterocycles. The predicted octanol–water partition coefficient (Wildman–Crippen LogP) is 3.11. The van der Waals surface area contributed by atoms with Crippen LogP contribution in [0.5, 0.6) is 0 Å². The van der Waals surface area contributed by atoms with Gasteiger partial charge in [0.1, 0.15) is 6.33 Å². The summed E-state index contributed by atoms with van der Waals surface area (Å²) in [5, 5.41) is 24.6. The molecule has 0 N–H and O–H groups in total. The number of nitro benzene ring substituents is 1. The molecule has 0 radical (unpaired) electrons. The number of likely N-dealkylation sites (N-methyl/N-ethyl adjacent to an activating group) is 1. The van der Waals surface area contributed by atoms with Crippen molar-refractivity contribution in [1.29, 1.82) is 0 Å². The lowest BCUT2D eigenvalue weighted by Crippen LogP contribution is -2.44. The third kappa shape index (κ3) is 5.28. The van der Waals surface area contributed by atoms with E-state index in [4.69, 9.17) is 0 Å². The zero-order chi connectivity index (χ0) is 21.6. The average Bonchev–Trinajstić information content (AvgIpc) is 3.25. The second kappa shape index (κ2) is 9.71. The van der Waals surface area contributed by atoms with Crippen LogP contribution < -0.4 is 4.90 Å². The van der Waals surface area contributed by atoms with Crippen molar-refractivity contribution < 1.29 is 4.92 Å². The third-order valence-electron chi connectivity index (χ3n) is 5.10. The lowest BCUT2D eigenvalue weighted by Gasteiger charge is -2.34. The molecule has 9 nitrogen and oxygen atoms in total. The summed E-state index contributed by atoms with van der Waals surface area (Å²) in [6.45, 7) is 3.61. The van der Waals surface area contributed by atoms with Gasteiger partial charge in [0.05, 0.1) is 11.1 Å². The fraction of sp³-hybridized carbons (Fsp3) is 0.286. The smallest absolute Gasteiger partial charge is 0.270 e. The van der Waals surface area contributed by atoms with Gasteiger partial charge in [-0.15, -0.1) is 10.2 Å². The Morgan fingerprint density at radius 1 is 1.16 bits per heavy atom. The van der Waals surface area contributed by atoms with Crippen molar-refractivity contribution in [2.45, 2.75) is 10.9 Å². The van der Waals surface area contributed by atoms with E-state index in [1.807, 2.05) is 24.3 Å². The molecule has 160 valence electrons. The Morgan fingerprint density at radius 2 is 1.94 bits per heavy atom. The van der Waals surface area contributed by atoms with Crippen LogP contribution in [0.1, 0.15) is 11.1 Å². The maximum absolute atomic E-state index is 11.3. The van der Waals surface area contributed by atoms with E-state index in [2.05, 4.69) is 44.3 Å². The summed E-state index contributed by atoms with van der Waals surface area (Å²) in [5.74, 6) is 0.748. The van der Waals surface area contributed by atoms with Crippen LogP contribution in [0.3, 0.4) is 0 Å². The minimum absolute atomic E-state index is 0.0433. The fourth-order valence-corrected chi connectivity index (χ4v) is 4.15. The first-order valence-corrected chi connectivity index (χ1v) is 10.9. The molecule has 1 saturated heterocycles. The molecule has 0 aliphatic carbocycles. The second-order valence-corrected chi connectivity index (χ2v) is 8.21. The summed E-state index contributed by atoms with van der Waals surface area (Å²) in [5.41, 5.74) is 2.87. The number of anilines is 1. The summed E-state index contributed by atoms with van der Waals surface area (Å²) in [6, 6.07) is 15.0. The quantitative estimate of drug-likeness (QED) is 0.243. The number of non-ortho nitro benzene ring substituents is 1. The topological polar surface area (TPSA) is 92.7 Å². The van der Waals surface area contributed by atoms with Crippen LogP contribution in [0, 0.1) is 10.1 Å². The predicted molar refractivity (Wildman–Crippen MR) is 122 cm³/mol. The lowest BCUT2D eigenvalue weighted by molar-refractivity contribution is -0.384. The largest absolute Gasteiger partial charge is 0.368 e. The minimum Gasteiger partial charge on any atom is -0.368 e. The van der Waals surface area contributed by atoms with Gasteiger partial charge >= 0.3 is 0 Å². The van der Waals surface area contributed by atoms with Crippen molar-refractivity contribution >= 4 is 29.4 Å². The zero-order valence-electron chi connectivity index (χ0n) is 17.2. The first kappa shape index (κ1) is 21.0. The molecule has 1 fully saturated rings. The van der Waals surface area contributed by atoms with Crippen LogP contribution >= 0.6 is 11.8 Å². The normalized spacial score (nSPS) is 14.9. The molecule has 0 saturated carbocycles. The van der Waals surface area contributed by atoms with E-state index in [0.29, 0.717) is 10.7 Å². The molecular formula is C21H23N7O2S. The molecule has 0 unspecified atom stereocenters. The summed E-state index contributed by atoms with van der Waals surface area (Å²) < 4.78 is 1.60. The van der Waals surface area contributed by atoms with Crippen LogP contribution in [-0.4, -0.2) is 64.1 Å². The summed E-state index contributed by atoms with van der Waals surface area (Å²) in [6.07, 6.45) is 3.19. The van der Waals surface area contributed by atoms with Gasteiger partial charge in [-0.2, -0.15) is 9.78 Å². The number of hydrogen-bond donors (Lipinski definition) is 0. The van der Waals surface area contributed by atoms with Crippen molar-refractivity contribution in [3.63, 3.8) is 0 Å². The van der Waals surface area contributed by atoms with Crippen molar-refractivity contribution in [2.75, 3.05) is 38.1 Å². The Morgan fingerprint density at radius 3 is 2.68 bits per heavy atom. The molecule has 1 aromatic heterocycles. The Balaban J connectivity index is 1.56. The third-order valence-corrected chi connectivity index (χ3v) is 6.10. The molecule has 1 aliphatic rings.